The highest BCUT2D eigenvalue weighted by atomic mass is 16.2. The molecule has 3 rings (SSSR count). The zero-order valence-electron chi connectivity index (χ0n) is 16.4. The number of rotatable bonds is 6. The Morgan fingerprint density at radius 1 is 1.14 bits per heavy atom. The first kappa shape index (κ1) is 19.3. The first-order valence-corrected chi connectivity index (χ1v) is 9.12. The maximum Gasteiger partial charge on any atom is 0.253 e. The van der Waals surface area contributed by atoms with Crippen LogP contribution in [0.1, 0.15) is 21.7 Å². The summed E-state index contributed by atoms with van der Waals surface area (Å²) in [6.45, 7) is 1.21. The van der Waals surface area contributed by atoms with Crippen LogP contribution in [-0.2, 0) is 13.0 Å². The molecule has 0 saturated carbocycles. The highest BCUT2D eigenvalue weighted by Gasteiger charge is 2.09. The van der Waals surface area contributed by atoms with Crippen molar-refractivity contribution in [1.82, 2.24) is 30.1 Å². The van der Waals surface area contributed by atoms with Gasteiger partial charge in [0, 0.05) is 39.4 Å². The van der Waals surface area contributed by atoms with Gasteiger partial charge >= 0.3 is 0 Å². The molecular weight excluding hydrogens is 354 g/mol. The van der Waals surface area contributed by atoms with Gasteiger partial charge in [0.15, 0.2) is 17.4 Å². The van der Waals surface area contributed by atoms with Crippen LogP contribution in [0.5, 0.6) is 0 Å². The number of carbonyl (C=O) groups excluding carboxylic acids is 1. The Hall–Kier alpha value is -3.42. The molecule has 0 aliphatic carbocycles. The smallest absolute Gasteiger partial charge is 0.253 e. The summed E-state index contributed by atoms with van der Waals surface area (Å²) in [5.41, 5.74) is 2.61. The molecule has 0 spiro atoms. The highest BCUT2D eigenvalue weighted by Crippen LogP contribution is 2.08. The second-order valence-electron chi connectivity index (χ2n) is 6.55. The Morgan fingerprint density at radius 2 is 2.00 bits per heavy atom. The Bertz CT molecular complexity index is 977. The number of fused-ring (bicyclic) bond motifs is 1. The second-order valence-corrected chi connectivity index (χ2v) is 6.55. The topological polar surface area (TPSA) is 86.9 Å². The highest BCUT2D eigenvalue weighted by molar-refractivity contribution is 5.94. The molecule has 3 aromatic rings. The van der Waals surface area contributed by atoms with Gasteiger partial charge in [-0.3, -0.25) is 14.2 Å². The Labute approximate surface area is 164 Å². The third-order valence-electron chi connectivity index (χ3n) is 4.31. The fourth-order valence-electron chi connectivity index (χ4n) is 2.84. The lowest BCUT2D eigenvalue weighted by Crippen LogP contribution is -2.38. The van der Waals surface area contributed by atoms with E-state index in [0.717, 1.165) is 23.5 Å². The maximum absolute atomic E-state index is 12.1. The van der Waals surface area contributed by atoms with Crippen LogP contribution in [0.3, 0.4) is 0 Å². The van der Waals surface area contributed by atoms with Gasteiger partial charge in [-0.25, -0.2) is 0 Å². The van der Waals surface area contributed by atoms with Crippen LogP contribution < -0.4 is 10.6 Å². The first-order chi connectivity index (χ1) is 13.6. The van der Waals surface area contributed by atoms with Crippen molar-refractivity contribution < 1.29 is 4.79 Å². The van der Waals surface area contributed by atoms with Gasteiger partial charge in [0.2, 0.25) is 0 Å². The van der Waals surface area contributed by atoms with Crippen molar-refractivity contribution in [2.45, 2.75) is 13.0 Å². The SMILES string of the molecule is CN=C(NCCc1cccc(C(=O)N(C)C)c1)NCc1nnc2ccccn12. The summed E-state index contributed by atoms with van der Waals surface area (Å²) in [4.78, 5) is 17.9. The minimum Gasteiger partial charge on any atom is -0.356 e. The molecule has 28 heavy (non-hydrogen) atoms. The lowest BCUT2D eigenvalue weighted by atomic mass is 10.1. The quantitative estimate of drug-likeness (QED) is 0.499. The summed E-state index contributed by atoms with van der Waals surface area (Å²) in [6.07, 6.45) is 2.72. The van der Waals surface area contributed by atoms with E-state index in [1.54, 1.807) is 26.0 Å². The van der Waals surface area contributed by atoms with E-state index in [0.29, 0.717) is 24.6 Å². The number of carbonyl (C=O) groups is 1. The van der Waals surface area contributed by atoms with E-state index in [4.69, 9.17) is 0 Å². The number of aromatic nitrogens is 3. The number of hydrogen-bond donors (Lipinski definition) is 2. The largest absolute Gasteiger partial charge is 0.356 e. The molecular formula is C20H25N7O. The van der Waals surface area contributed by atoms with Crippen LogP contribution in [0.15, 0.2) is 53.7 Å². The van der Waals surface area contributed by atoms with Gasteiger partial charge < -0.3 is 15.5 Å². The fraction of sp³-hybridized carbons (Fsp3) is 0.300. The summed E-state index contributed by atoms with van der Waals surface area (Å²) >= 11 is 0. The molecule has 1 aromatic carbocycles. The molecule has 0 fully saturated rings. The molecule has 2 heterocycles. The molecule has 8 heteroatoms. The summed E-state index contributed by atoms with van der Waals surface area (Å²) in [7, 11) is 5.24. The molecule has 8 nitrogen and oxygen atoms in total. The molecule has 2 N–H and O–H groups in total. The lowest BCUT2D eigenvalue weighted by molar-refractivity contribution is 0.0827. The van der Waals surface area contributed by atoms with Crippen LogP contribution in [0, 0.1) is 0 Å². The average Bonchev–Trinajstić information content (AvgIpc) is 3.13. The van der Waals surface area contributed by atoms with E-state index >= 15 is 0 Å². The number of guanidine groups is 1. The second kappa shape index (κ2) is 8.98. The number of pyridine rings is 1. The van der Waals surface area contributed by atoms with Crippen LogP contribution in [0.25, 0.3) is 5.65 Å². The van der Waals surface area contributed by atoms with E-state index in [1.165, 1.54) is 0 Å². The standard InChI is InChI=1S/C20H25N7O/c1-21-20(23-14-18-25-24-17-9-4-5-12-27(17)18)22-11-10-15-7-6-8-16(13-15)19(28)26(2)3/h4-9,12-13H,10-11,14H2,1-3H3,(H2,21,22,23). The van der Waals surface area contributed by atoms with Gasteiger partial charge in [-0.1, -0.05) is 18.2 Å². The average molecular weight is 379 g/mol. The van der Waals surface area contributed by atoms with Crippen LogP contribution in [0.2, 0.25) is 0 Å². The van der Waals surface area contributed by atoms with E-state index < -0.39 is 0 Å². The molecule has 0 aliphatic rings. The zero-order chi connectivity index (χ0) is 19.9. The number of hydrogen-bond acceptors (Lipinski definition) is 4. The number of nitrogens with zero attached hydrogens (tertiary/aromatic N) is 5. The molecule has 2 aromatic heterocycles. The molecule has 0 atom stereocenters. The molecule has 0 saturated heterocycles. The van der Waals surface area contributed by atoms with Gasteiger partial charge in [-0.15, -0.1) is 10.2 Å². The van der Waals surface area contributed by atoms with Crippen molar-refractivity contribution in [2.24, 2.45) is 4.99 Å². The first-order valence-electron chi connectivity index (χ1n) is 9.12. The fourth-order valence-corrected chi connectivity index (χ4v) is 2.84. The van der Waals surface area contributed by atoms with E-state index in [1.807, 2.05) is 53.1 Å². The number of amides is 1. The Balaban J connectivity index is 1.52. The Morgan fingerprint density at radius 3 is 2.79 bits per heavy atom. The van der Waals surface area contributed by atoms with Crippen molar-refractivity contribution in [3.63, 3.8) is 0 Å². The minimum atomic E-state index is 0.00724. The molecule has 1 amide bonds. The number of aliphatic imine (C=N–C) groups is 1. The van der Waals surface area contributed by atoms with Gasteiger partial charge in [0.25, 0.3) is 5.91 Å². The van der Waals surface area contributed by atoms with E-state index in [-0.39, 0.29) is 5.91 Å². The van der Waals surface area contributed by atoms with E-state index in [9.17, 15) is 4.79 Å². The van der Waals surface area contributed by atoms with Gasteiger partial charge in [0.05, 0.1) is 6.54 Å². The molecule has 0 aliphatic heterocycles. The molecule has 0 radical (unpaired) electrons. The maximum atomic E-state index is 12.1. The summed E-state index contributed by atoms with van der Waals surface area (Å²) < 4.78 is 1.94. The van der Waals surface area contributed by atoms with Crippen LogP contribution >= 0.6 is 0 Å². The summed E-state index contributed by atoms with van der Waals surface area (Å²) in [5.74, 6) is 1.51. The third kappa shape index (κ3) is 4.64. The van der Waals surface area contributed by atoms with Crippen LogP contribution in [-0.4, -0.2) is 59.1 Å². The van der Waals surface area contributed by atoms with Crippen molar-refractivity contribution in [1.29, 1.82) is 0 Å². The van der Waals surface area contributed by atoms with Crippen LogP contribution in [0.4, 0.5) is 0 Å². The summed E-state index contributed by atoms with van der Waals surface area (Å²) in [5, 5.41) is 14.9. The summed E-state index contributed by atoms with van der Waals surface area (Å²) in [6, 6.07) is 13.5. The third-order valence-corrected chi connectivity index (χ3v) is 4.31. The monoisotopic (exact) mass is 379 g/mol. The Kier molecular flexibility index (Phi) is 6.21. The number of benzene rings is 1. The van der Waals surface area contributed by atoms with Gasteiger partial charge in [-0.2, -0.15) is 0 Å². The van der Waals surface area contributed by atoms with Crippen molar-refractivity contribution >= 4 is 17.5 Å². The zero-order valence-corrected chi connectivity index (χ0v) is 16.4. The van der Waals surface area contributed by atoms with Gasteiger partial charge in [-0.05, 0) is 36.2 Å². The van der Waals surface area contributed by atoms with Gasteiger partial charge in [0.1, 0.15) is 0 Å². The van der Waals surface area contributed by atoms with E-state index in [2.05, 4.69) is 25.8 Å². The predicted octanol–water partition coefficient (Wildman–Crippen LogP) is 1.34. The minimum absolute atomic E-state index is 0.00724. The number of nitrogens with one attached hydrogen (secondary N) is 2. The van der Waals surface area contributed by atoms with Crippen molar-refractivity contribution in [3.05, 3.63) is 65.6 Å². The normalized spacial score (nSPS) is 11.5. The van der Waals surface area contributed by atoms with Crippen molar-refractivity contribution in [3.8, 4) is 0 Å². The lowest BCUT2D eigenvalue weighted by Gasteiger charge is -2.13. The van der Waals surface area contributed by atoms with Crippen molar-refractivity contribution in [2.75, 3.05) is 27.7 Å². The molecule has 0 bridgehead atoms. The molecule has 0 unspecified atom stereocenters. The predicted molar refractivity (Wildman–Crippen MR) is 109 cm³/mol. The molecule has 146 valence electrons.